The second-order valence-corrected chi connectivity index (χ2v) is 4.25. The van der Waals surface area contributed by atoms with Gasteiger partial charge in [-0.3, -0.25) is 0 Å². The molecule has 0 radical (unpaired) electrons. The Hall–Kier alpha value is -1.10. The first-order valence-electron chi connectivity index (χ1n) is 5.91. The summed E-state index contributed by atoms with van der Waals surface area (Å²) in [4.78, 5) is 0. The average molecular weight is 264 g/mol. The van der Waals surface area contributed by atoms with Crippen LogP contribution in [0.5, 0.6) is 0 Å². The summed E-state index contributed by atoms with van der Waals surface area (Å²) in [6.45, 7) is 1.99. The number of unbranched alkanes of at least 4 members (excludes halogenated alkanes) is 2. The van der Waals surface area contributed by atoms with E-state index in [1.807, 2.05) is 6.92 Å². The van der Waals surface area contributed by atoms with Gasteiger partial charge in [0.05, 0.1) is 11.7 Å². The Balaban J connectivity index is 2.84. The lowest BCUT2D eigenvalue weighted by Gasteiger charge is -2.14. The molecule has 0 aromatic heterocycles. The highest BCUT2D eigenvalue weighted by molar-refractivity contribution is 5.28. The van der Waals surface area contributed by atoms with Gasteiger partial charge in [-0.2, -0.15) is 13.2 Å². The van der Waals surface area contributed by atoms with Crippen LogP contribution in [0.4, 0.5) is 17.6 Å². The molecule has 1 atom stereocenters. The maximum Gasteiger partial charge on any atom is 0.419 e. The van der Waals surface area contributed by atoms with Crippen LogP contribution in [0.1, 0.15) is 49.8 Å². The fourth-order valence-electron chi connectivity index (χ4n) is 1.72. The van der Waals surface area contributed by atoms with Crippen LogP contribution in [0.15, 0.2) is 18.2 Å². The van der Waals surface area contributed by atoms with Crippen LogP contribution < -0.4 is 0 Å². The van der Waals surface area contributed by atoms with Crippen LogP contribution in [0, 0.1) is 5.82 Å². The summed E-state index contributed by atoms with van der Waals surface area (Å²) in [5.41, 5.74) is -1.21. The molecule has 1 unspecified atom stereocenters. The molecular weight excluding hydrogens is 248 g/mol. The van der Waals surface area contributed by atoms with Crippen LogP contribution in [-0.4, -0.2) is 5.11 Å². The molecule has 0 aliphatic heterocycles. The van der Waals surface area contributed by atoms with E-state index in [9.17, 15) is 22.7 Å². The van der Waals surface area contributed by atoms with Crippen LogP contribution in [0.3, 0.4) is 0 Å². The predicted octanol–water partition coefficient (Wildman–Crippen LogP) is 4.46. The van der Waals surface area contributed by atoms with Gasteiger partial charge in [0.2, 0.25) is 0 Å². The van der Waals surface area contributed by atoms with Gasteiger partial charge < -0.3 is 5.11 Å². The third kappa shape index (κ3) is 3.98. The molecule has 0 amide bonds. The maximum atomic E-state index is 13.0. The summed E-state index contributed by atoms with van der Waals surface area (Å²) in [7, 11) is 0. The molecule has 0 saturated carbocycles. The zero-order valence-corrected chi connectivity index (χ0v) is 10.1. The minimum absolute atomic E-state index is 0.111. The fourth-order valence-corrected chi connectivity index (χ4v) is 1.72. The molecule has 1 nitrogen and oxygen atoms in total. The van der Waals surface area contributed by atoms with Gasteiger partial charge in [-0.05, 0) is 24.1 Å². The molecule has 1 aromatic carbocycles. The highest BCUT2D eigenvalue weighted by atomic mass is 19.4. The summed E-state index contributed by atoms with van der Waals surface area (Å²) in [6, 6.07) is 2.63. The normalized spacial score (nSPS) is 13.7. The Morgan fingerprint density at radius 2 is 1.89 bits per heavy atom. The van der Waals surface area contributed by atoms with Crippen LogP contribution >= 0.6 is 0 Å². The van der Waals surface area contributed by atoms with Crippen molar-refractivity contribution in [3.05, 3.63) is 35.1 Å². The zero-order valence-electron chi connectivity index (χ0n) is 10.1. The van der Waals surface area contributed by atoms with Gasteiger partial charge in [0.25, 0.3) is 0 Å². The number of halogens is 4. The van der Waals surface area contributed by atoms with E-state index in [2.05, 4.69) is 0 Å². The molecule has 102 valence electrons. The van der Waals surface area contributed by atoms with Gasteiger partial charge in [0.1, 0.15) is 5.82 Å². The van der Waals surface area contributed by atoms with Crippen molar-refractivity contribution in [3.63, 3.8) is 0 Å². The van der Waals surface area contributed by atoms with Crippen molar-refractivity contribution in [1.82, 2.24) is 0 Å². The number of aliphatic hydroxyl groups excluding tert-OH is 1. The summed E-state index contributed by atoms with van der Waals surface area (Å²) in [5, 5.41) is 9.74. The van der Waals surface area contributed by atoms with Crippen LogP contribution in [0.2, 0.25) is 0 Å². The molecule has 0 fully saturated rings. The molecule has 18 heavy (non-hydrogen) atoms. The number of rotatable bonds is 5. The van der Waals surface area contributed by atoms with E-state index in [0.717, 1.165) is 25.3 Å². The van der Waals surface area contributed by atoms with Gasteiger partial charge in [0, 0.05) is 0 Å². The predicted molar refractivity (Wildman–Crippen MR) is 60.5 cm³/mol. The van der Waals surface area contributed by atoms with Crippen LogP contribution in [0.25, 0.3) is 0 Å². The molecule has 1 N–H and O–H groups in total. The summed E-state index contributed by atoms with van der Waals surface area (Å²) in [6.07, 6.45) is -2.72. The Bertz CT molecular complexity index is 387. The third-order valence-corrected chi connectivity index (χ3v) is 2.76. The van der Waals surface area contributed by atoms with Crippen molar-refractivity contribution in [3.8, 4) is 0 Å². The molecule has 0 aliphatic rings. The van der Waals surface area contributed by atoms with E-state index in [1.165, 1.54) is 6.07 Å². The first kappa shape index (κ1) is 15.0. The van der Waals surface area contributed by atoms with Crippen molar-refractivity contribution >= 4 is 0 Å². The first-order chi connectivity index (χ1) is 8.36. The highest BCUT2D eigenvalue weighted by Crippen LogP contribution is 2.33. The van der Waals surface area contributed by atoms with Crippen molar-refractivity contribution < 1.29 is 22.7 Å². The average Bonchev–Trinajstić information content (AvgIpc) is 2.28. The topological polar surface area (TPSA) is 20.2 Å². The molecule has 0 heterocycles. The van der Waals surface area contributed by atoms with Crippen molar-refractivity contribution in [2.75, 3.05) is 0 Å². The van der Waals surface area contributed by atoms with Crippen molar-refractivity contribution in [2.45, 2.75) is 44.9 Å². The minimum atomic E-state index is -4.73. The lowest BCUT2D eigenvalue weighted by molar-refractivity contribution is -0.140. The number of hydrogen-bond acceptors (Lipinski definition) is 1. The number of benzene rings is 1. The number of alkyl halides is 3. The van der Waals surface area contributed by atoms with Crippen LogP contribution in [-0.2, 0) is 6.18 Å². The lowest BCUT2D eigenvalue weighted by atomic mass is 10.0. The van der Waals surface area contributed by atoms with Gasteiger partial charge in [0.15, 0.2) is 0 Å². The Morgan fingerprint density at radius 1 is 1.22 bits per heavy atom. The minimum Gasteiger partial charge on any atom is -0.388 e. The Morgan fingerprint density at radius 3 is 2.44 bits per heavy atom. The van der Waals surface area contributed by atoms with Crippen molar-refractivity contribution in [1.29, 1.82) is 0 Å². The molecule has 1 rings (SSSR count). The van der Waals surface area contributed by atoms with E-state index in [0.29, 0.717) is 12.5 Å². The molecule has 5 heteroatoms. The summed E-state index contributed by atoms with van der Waals surface area (Å²) in [5.74, 6) is -1.31. The SMILES string of the molecule is CCCCCC(O)c1ccc(F)c(C(F)(F)F)c1. The maximum absolute atomic E-state index is 13.0. The highest BCUT2D eigenvalue weighted by Gasteiger charge is 2.34. The molecule has 0 bridgehead atoms. The standard InChI is InChI=1S/C13H16F4O/c1-2-3-4-5-12(18)9-6-7-11(14)10(8-9)13(15,16)17/h6-8,12,18H,2-5H2,1H3. The van der Waals surface area contributed by atoms with E-state index in [1.54, 1.807) is 0 Å². The van der Waals surface area contributed by atoms with E-state index in [4.69, 9.17) is 0 Å². The molecule has 0 aliphatic carbocycles. The van der Waals surface area contributed by atoms with E-state index in [-0.39, 0.29) is 5.56 Å². The largest absolute Gasteiger partial charge is 0.419 e. The zero-order chi connectivity index (χ0) is 13.8. The van der Waals surface area contributed by atoms with E-state index < -0.39 is 23.7 Å². The number of hydrogen-bond donors (Lipinski definition) is 1. The summed E-state index contributed by atoms with van der Waals surface area (Å²) < 4.78 is 50.5. The smallest absolute Gasteiger partial charge is 0.388 e. The van der Waals surface area contributed by atoms with Gasteiger partial charge in [-0.15, -0.1) is 0 Å². The number of aliphatic hydroxyl groups is 1. The third-order valence-electron chi connectivity index (χ3n) is 2.76. The molecular formula is C13H16F4O. The first-order valence-corrected chi connectivity index (χ1v) is 5.91. The van der Waals surface area contributed by atoms with Gasteiger partial charge in [-0.1, -0.05) is 32.3 Å². The second kappa shape index (κ2) is 6.18. The van der Waals surface area contributed by atoms with Gasteiger partial charge in [-0.25, -0.2) is 4.39 Å². The monoisotopic (exact) mass is 264 g/mol. The summed E-state index contributed by atoms with van der Waals surface area (Å²) >= 11 is 0. The fraction of sp³-hybridized carbons (Fsp3) is 0.538. The quantitative estimate of drug-likeness (QED) is 0.615. The van der Waals surface area contributed by atoms with Crippen molar-refractivity contribution in [2.24, 2.45) is 0 Å². The second-order valence-electron chi connectivity index (χ2n) is 4.25. The van der Waals surface area contributed by atoms with Gasteiger partial charge >= 0.3 is 6.18 Å². The lowest BCUT2D eigenvalue weighted by Crippen LogP contribution is -2.10. The molecule has 1 aromatic rings. The Kier molecular flexibility index (Phi) is 5.14. The molecule has 0 saturated heterocycles. The Labute approximate surface area is 103 Å². The molecule has 0 spiro atoms. The van der Waals surface area contributed by atoms with E-state index >= 15 is 0 Å².